The molecule has 0 aliphatic rings. The molecule has 1 rings (SSSR count). The summed E-state index contributed by atoms with van der Waals surface area (Å²) in [5, 5.41) is 0. The summed E-state index contributed by atoms with van der Waals surface area (Å²) in [4.78, 5) is 0. The number of benzene rings is 1. The molecule has 3 N–H and O–H groups in total. The molecule has 0 unspecified atom stereocenters. The van der Waals surface area contributed by atoms with Gasteiger partial charge in [-0.15, -0.1) is 0 Å². The number of aryl methyl sites for hydroxylation is 1. The molecule has 0 heterocycles. The topological polar surface area (TPSA) is 27.6 Å². The van der Waals surface area contributed by atoms with E-state index in [9.17, 15) is 16.9 Å². The first kappa shape index (κ1) is 15.6. The third-order valence-corrected chi connectivity index (χ3v) is 1.41. The van der Waals surface area contributed by atoms with Crippen molar-refractivity contribution in [3.63, 3.8) is 0 Å². The second-order valence-electron chi connectivity index (χ2n) is 3.19. The average molecular weight is 358 g/mol. The first-order valence-electron chi connectivity index (χ1n) is 4.19. The molecule has 0 spiro atoms. The number of quaternary nitrogens is 1. The molecule has 0 radical (unpaired) electrons. The van der Waals surface area contributed by atoms with E-state index in [1.165, 1.54) is 11.1 Å². The van der Waals surface area contributed by atoms with E-state index >= 15 is 0 Å². The van der Waals surface area contributed by atoms with Crippen molar-refractivity contribution in [2.45, 2.75) is 13.5 Å². The molecule has 0 aromatic heterocycles. The van der Waals surface area contributed by atoms with Crippen LogP contribution in [0.1, 0.15) is 11.1 Å². The third-order valence-electron chi connectivity index (χ3n) is 1.41. The molecule has 16 heavy (non-hydrogen) atoms. The molecule has 0 amide bonds. The van der Waals surface area contributed by atoms with Crippen molar-refractivity contribution >= 4 is 19.5 Å². The Kier molecular flexibility index (Phi) is 4.00. The van der Waals surface area contributed by atoms with Crippen molar-refractivity contribution in [2.24, 2.45) is 0 Å². The minimum absolute atomic E-state index is 0.889. The van der Waals surface area contributed by atoms with Gasteiger partial charge in [0.05, 0.1) is 6.54 Å². The van der Waals surface area contributed by atoms with E-state index in [1.807, 2.05) is 0 Å². The van der Waals surface area contributed by atoms with Crippen LogP contribution in [0.5, 0.6) is 0 Å². The van der Waals surface area contributed by atoms with Crippen LogP contribution in [0.4, 0.5) is 16.9 Å². The molecule has 0 atom stereocenters. The van der Waals surface area contributed by atoms with Gasteiger partial charge < -0.3 is 5.73 Å². The van der Waals surface area contributed by atoms with Gasteiger partial charge in [0.2, 0.25) is 0 Å². The van der Waals surface area contributed by atoms with Gasteiger partial charge in [0.1, 0.15) is 0 Å². The van der Waals surface area contributed by atoms with Crippen molar-refractivity contribution in [3.8, 4) is 0 Å². The number of halogens is 6. The molecule has 1 nitrogen and oxygen atoms in total. The molecule has 1 aromatic rings. The Morgan fingerprint density at radius 3 is 1.50 bits per heavy atom. The van der Waals surface area contributed by atoms with Crippen LogP contribution in [-0.4, -0.2) is 19.5 Å². The Balaban J connectivity index is 0.000000293. The van der Waals surface area contributed by atoms with Crippen LogP contribution in [0.15, 0.2) is 24.3 Å². The van der Waals surface area contributed by atoms with Crippen LogP contribution in [-0.2, 0) is 6.54 Å². The van der Waals surface area contributed by atoms with Gasteiger partial charge in [-0.3, -0.25) is 0 Å². The van der Waals surface area contributed by atoms with Gasteiger partial charge in [0.25, 0.3) is 0 Å². The SMILES string of the molecule is Cc1ccc(C[NH3+])cc1.[F][Sb-]([F])([F])([F])([F])[F]. The summed E-state index contributed by atoms with van der Waals surface area (Å²) in [6.07, 6.45) is 0. The number of rotatable bonds is 1. The van der Waals surface area contributed by atoms with Gasteiger partial charge in [-0.2, -0.15) is 0 Å². The zero-order chi connectivity index (χ0) is 13.1. The van der Waals surface area contributed by atoms with Crippen molar-refractivity contribution in [2.75, 3.05) is 0 Å². The molecular weight excluding hydrogens is 346 g/mol. The van der Waals surface area contributed by atoms with E-state index in [1.54, 1.807) is 0 Å². The quantitative estimate of drug-likeness (QED) is 0.591. The molecule has 0 aliphatic heterocycles. The van der Waals surface area contributed by atoms with E-state index in [0.29, 0.717) is 0 Å². The molecule has 0 saturated heterocycles. The van der Waals surface area contributed by atoms with E-state index in [2.05, 4.69) is 36.9 Å². The maximum absolute atomic E-state index is 11.2. The normalized spacial score (nSPS) is 15.5. The summed E-state index contributed by atoms with van der Waals surface area (Å²) in [5.41, 5.74) is 6.40. The second-order valence-corrected chi connectivity index (χ2v) is 8.66. The van der Waals surface area contributed by atoms with Gasteiger partial charge >= 0.3 is 36.4 Å². The summed E-state index contributed by atoms with van der Waals surface area (Å²) >= 11 is -11.2. The van der Waals surface area contributed by atoms with E-state index in [-0.39, 0.29) is 0 Å². The van der Waals surface area contributed by atoms with Crippen LogP contribution in [0.2, 0.25) is 0 Å². The monoisotopic (exact) mass is 357 g/mol. The van der Waals surface area contributed by atoms with Gasteiger partial charge in [-0.25, -0.2) is 0 Å². The van der Waals surface area contributed by atoms with E-state index in [0.717, 1.165) is 6.54 Å². The molecule has 0 aliphatic carbocycles. The molecule has 0 bridgehead atoms. The second kappa shape index (κ2) is 4.11. The summed E-state index contributed by atoms with van der Waals surface area (Å²) in [5.74, 6) is 0. The van der Waals surface area contributed by atoms with Crippen molar-refractivity contribution in [1.29, 1.82) is 0 Å². The van der Waals surface area contributed by atoms with Gasteiger partial charge in [0.15, 0.2) is 0 Å². The molecule has 0 saturated carbocycles. The van der Waals surface area contributed by atoms with Crippen molar-refractivity contribution < 1.29 is 22.6 Å². The zero-order valence-electron chi connectivity index (χ0n) is 8.44. The molecule has 8 heteroatoms. The maximum atomic E-state index is 9.93. The fraction of sp³-hybridized carbons (Fsp3) is 0.250. The molecular formula is C8H12F6NSb. The summed E-state index contributed by atoms with van der Waals surface area (Å²) in [7, 11) is 0. The third kappa shape index (κ3) is 16.0. The Labute approximate surface area is 91.1 Å². The molecule has 0 fully saturated rings. The van der Waals surface area contributed by atoms with Gasteiger partial charge in [-0.05, 0) is 6.92 Å². The first-order chi connectivity index (χ1) is 6.78. The van der Waals surface area contributed by atoms with Crippen LogP contribution in [0.3, 0.4) is 0 Å². The summed E-state index contributed by atoms with van der Waals surface area (Å²) in [6, 6.07) is 8.45. The van der Waals surface area contributed by atoms with E-state index < -0.39 is 19.5 Å². The number of hydrogen-bond donors (Lipinski definition) is 1. The van der Waals surface area contributed by atoms with E-state index in [4.69, 9.17) is 0 Å². The average Bonchev–Trinajstić information content (AvgIpc) is 2.00. The van der Waals surface area contributed by atoms with Gasteiger partial charge in [-0.1, -0.05) is 29.8 Å². The van der Waals surface area contributed by atoms with Crippen LogP contribution >= 0.6 is 0 Å². The predicted octanol–water partition coefficient (Wildman–Crippen LogP) is 2.88. The Morgan fingerprint density at radius 1 is 0.938 bits per heavy atom. The fourth-order valence-corrected chi connectivity index (χ4v) is 0.755. The van der Waals surface area contributed by atoms with Crippen molar-refractivity contribution in [1.82, 2.24) is 0 Å². The predicted molar refractivity (Wildman–Crippen MR) is 50.2 cm³/mol. The summed E-state index contributed by atoms with van der Waals surface area (Å²) < 4.78 is 59.6. The van der Waals surface area contributed by atoms with Crippen LogP contribution < -0.4 is 5.73 Å². The Morgan fingerprint density at radius 2 is 1.25 bits per heavy atom. The zero-order valence-corrected chi connectivity index (χ0v) is 11.0. The minimum atomic E-state index is -11.2. The standard InChI is InChI=1S/C8H11N.6FH.Sb/c1-7-2-4-8(6-9)5-3-7;;;;;;;/h2-5H,6,9H2,1H3;6*1H;/q;;;;;;;+5/p-5. The number of hydrogen-bond acceptors (Lipinski definition) is 0. The fourth-order valence-electron chi connectivity index (χ4n) is 0.755. The first-order valence-corrected chi connectivity index (χ1v) is 9.98. The molecule has 1 aromatic carbocycles. The molecule has 96 valence electrons. The van der Waals surface area contributed by atoms with Crippen molar-refractivity contribution in [3.05, 3.63) is 35.4 Å². The van der Waals surface area contributed by atoms with Crippen LogP contribution in [0.25, 0.3) is 0 Å². The Bertz CT molecular complexity index is 328. The van der Waals surface area contributed by atoms with Crippen LogP contribution in [0, 0.1) is 6.92 Å². The summed E-state index contributed by atoms with van der Waals surface area (Å²) in [6.45, 7) is 2.98. The Hall–Kier alpha value is -0.422. The van der Waals surface area contributed by atoms with Gasteiger partial charge in [0, 0.05) is 5.56 Å².